The number of pyridine rings is 1. The maximum atomic E-state index is 13.6. The maximum Gasteiger partial charge on any atom is 0.254 e. The van der Waals surface area contributed by atoms with E-state index in [0.717, 1.165) is 11.8 Å². The summed E-state index contributed by atoms with van der Waals surface area (Å²) in [6.07, 6.45) is 1.05. The molecule has 1 saturated heterocycles. The Kier molecular flexibility index (Phi) is 5.43. The second-order valence-electron chi connectivity index (χ2n) is 9.47. The minimum Gasteiger partial charge on any atom is -0.497 e. The van der Waals surface area contributed by atoms with Gasteiger partial charge < -0.3 is 14.1 Å². The summed E-state index contributed by atoms with van der Waals surface area (Å²) >= 11 is 0. The summed E-state index contributed by atoms with van der Waals surface area (Å²) in [4.78, 5) is 45.2. The number of carbonyl (C=O) groups is 3. The highest BCUT2D eigenvalue weighted by Crippen LogP contribution is 2.44. The van der Waals surface area contributed by atoms with Crippen LogP contribution in [0.4, 0.5) is 0 Å². The van der Waals surface area contributed by atoms with Crippen molar-refractivity contribution in [3.8, 4) is 5.75 Å². The van der Waals surface area contributed by atoms with Crippen LogP contribution in [-0.4, -0.2) is 55.9 Å². The lowest BCUT2D eigenvalue weighted by Gasteiger charge is -2.43. The maximum absolute atomic E-state index is 13.6. The zero-order valence-electron chi connectivity index (χ0n) is 20.2. The summed E-state index contributed by atoms with van der Waals surface area (Å²) in [7, 11) is -2.05. The molecule has 1 unspecified atom stereocenters. The van der Waals surface area contributed by atoms with Crippen molar-refractivity contribution < 1.29 is 32.0 Å². The number of nitrogens with zero attached hydrogens (tertiary/aromatic N) is 2. The van der Waals surface area contributed by atoms with Crippen LogP contribution in [-0.2, 0) is 31.4 Å². The number of carbonyl (C=O) groups excluding carboxylic acids is 3. The smallest absolute Gasteiger partial charge is 0.254 e. The number of sulfone groups is 1. The van der Waals surface area contributed by atoms with Crippen LogP contribution in [0.15, 0.2) is 45.8 Å². The normalized spacial score (nSPS) is 24.2. The van der Waals surface area contributed by atoms with Gasteiger partial charge >= 0.3 is 0 Å². The molecule has 2 aromatic heterocycles. The molecule has 0 saturated carbocycles. The molecule has 0 radical (unpaired) electrons. The first-order chi connectivity index (χ1) is 17.0. The number of benzene rings is 1. The van der Waals surface area contributed by atoms with Crippen molar-refractivity contribution in [3.63, 3.8) is 0 Å². The standard InChI is InChI=1S/C25H25N3O7S/c1-13-14(2)25(24(31)27-22(13)29,12-28-11-15-5-6-16(34-3)9-17(15)23(28)30)20-10-18-19(35-20)7-8-21(26-18)36(4,32)33/h5-10,13-14H,11-12H2,1-4H3,(H,27,29,31)/t13-,14?,25-/m0/s1. The Hall–Kier alpha value is -3.73. The Morgan fingerprint density at radius 1 is 1.17 bits per heavy atom. The first kappa shape index (κ1) is 24.0. The van der Waals surface area contributed by atoms with Crippen molar-refractivity contribution in [2.24, 2.45) is 11.8 Å². The average molecular weight is 512 g/mol. The number of furan rings is 1. The first-order valence-electron chi connectivity index (χ1n) is 11.4. The third-order valence-electron chi connectivity index (χ3n) is 7.39. The second-order valence-corrected chi connectivity index (χ2v) is 11.4. The quantitative estimate of drug-likeness (QED) is 0.514. The zero-order chi connectivity index (χ0) is 26.0. The van der Waals surface area contributed by atoms with Crippen LogP contribution in [0.5, 0.6) is 5.75 Å². The van der Waals surface area contributed by atoms with Gasteiger partial charge in [0, 0.05) is 36.9 Å². The van der Waals surface area contributed by atoms with E-state index < -0.39 is 38.9 Å². The number of nitrogens with one attached hydrogen (secondary N) is 1. The topological polar surface area (TPSA) is 136 Å². The molecule has 5 rings (SSSR count). The van der Waals surface area contributed by atoms with E-state index >= 15 is 0 Å². The summed E-state index contributed by atoms with van der Waals surface area (Å²) in [5, 5.41) is 2.32. The lowest BCUT2D eigenvalue weighted by molar-refractivity contribution is -0.146. The third kappa shape index (κ3) is 3.57. The Labute approximate surface area is 207 Å². The minimum atomic E-state index is -3.56. The van der Waals surface area contributed by atoms with Crippen molar-refractivity contribution in [1.29, 1.82) is 0 Å². The molecular formula is C25H25N3O7S. The fourth-order valence-electron chi connectivity index (χ4n) is 5.06. The molecule has 2 aliphatic rings. The molecule has 2 aliphatic heterocycles. The first-order valence-corrected chi connectivity index (χ1v) is 13.3. The number of imide groups is 1. The number of piperidine rings is 1. The van der Waals surface area contributed by atoms with Crippen molar-refractivity contribution in [2.45, 2.75) is 30.8 Å². The van der Waals surface area contributed by atoms with Gasteiger partial charge in [-0.1, -0.05) is 19.9 Å². The molecule has 1 N–H and O–H groups in total. The number of aromatic nitrogens is 1. The molecule has 36 heavy (non-hydrogen) atoms. The highest BCUT2D eigenvalue weighted by atomic mass is 32.2. The molecule has 3 atom stereocenters. The van der Waals surface area contributed by atoms with Gasteiger partial charge in [0.2, 0.25) is 11.8 Å². The van der Waals surface area contributed by atoms with Gasteiger partial charge in [0.25, 0.3) is 5.91 Å². The molecule has 1 aromatic carbocycles. The summed E-state index contributed by atoms with van der Waals surface area (Å²) in [6, 6.07) is 9.60. The zero-order valence-corrected chi connectivity index (χ0v) is 21.0. The molecule has 0 aliphatic carbocycles. The second kappa shape index (κ2) is 8.16. The van der Waals surface area contributed by atoms with E-state index in [2.05, 4.69) is 10.3 Å². The summed E-state index contributed by atoms with van der Waals surface area (Å²) < 4.78 is 35.3. The molecule has 4 heterocycles. The summed E-state index contributed by atoms with van der Waals surface area (Å²) in [5.74, 6) is -1.59. The molecule has 0 spiro atoms. The monoisotopic (exact) mass is 511 g/mol. The number of fused-ring (bicyclic) bond motifs is 2. The van der Waals surface area contributed by atoms with Gasteiger partial charge in [-0.2, -0.15) is 0 Å². The van der Waals surface area contributed by atoms with Gasteiger partial charge in [-0.05, 0) is 35.7 Å². The number of ether oxygens (including phenoxy) is 1. The van der Waals surface area contributed by atoms with Crippen LogP contribution >= 0.6 is 0 Å². The van der Waals surface area contributed by atoms with Crippen molar-refractivity contribution in [2.75, 3.05) is 19.9 Å². The van der Waals surface area contributed by atoms with Crippen molar-refractivity contribution >= 4 is 38.7 Å². The Morgan fingerprint density at radius 2 is 1.92 bits per heavy atom. The van der Waals surface area contributed by atoms with E-state index in [4.69, 9.17) is 9.15 Å². The number of rotatable bonds is 5. The predicted octanol–water partition coefficient (Wildman–Crippen LogP) is 2.06. The fourth-order valence-corrected chi connectivity index (χ4v) is 5.63. The lowest BCUT2D eigenvalue weighted by Crippen LogP contribution is -2.63. The molecular weight excluding hydrogens is 486 g/mol. The number of methoxy groups -OCH3 is 1. The van der Waals surface area contributed by atoms with Gasteiger partial charge in [-0.25, -0.2) is 13.4 Å². The van der Waals surface area contributed by atoms with Gasteiger partial charge in [-0.3, -0.25) is 19.7 Å². The minimum absolute atomic E-state index is 0.0494. The number of hydrogen-bond acceptors (Lipinski definition) is 8. The highest BCUT2D eigenvalue weighted by molar-refractivity contribution is 7.90. The predicted molar refractivity (Wildman–Crippen MR) is 128 cm³/mol. The SMILES string of the molecule is COc1ccc2c(c1)C(=O)N(C[C@]1(c3cc4nc(S(C)(=O)=O)ccc4o3)C(=O)NC(=O)[C@@H](C)C1C)C2. The Morgan fingerprint density at radius 3 is 2.61 bits per heavy atom. The molecule has 1 fully saturated rings. The summed E-state index contributed by atoms with van der Waals surface area (Å²) in [5.41, 5.74) is 0.426. The van der Waals surface area contributed by atoms with Crippen LogP contribution in [0.1, 0.15) is 35.5 Å². The molecule has 11 heteroatoms. The Bertz CT molecular complexity index is 1540. The van der Waals surface area contributed by atoms with Crippen LogP contribution in [0.25, 0.3) is 11.1 Å². The largest absolute Gasteiger partial charge is 0.497 e. The van der Waals surface area contributed by atoms with E-state index in [1.54, 1.807) is 30.9 Å². The van der Waals surface area contributed by atoms with Crippen molar-refractivity contribution in [1.82, 2.24) is 15.2 Å². The number of hydrogen-bond donors (Lipinski definition) is 1. The Balaban J connectivity index is 1.62. The van der Waals surface area contributed by atoms with E-state index in [1.165, 1.54) is 25.3 Å². The van der Waals surface area contributed by atoms with Gasteiger partial charge in [-0.15, -0.1) is 0 Å². The van der Waals surface area contributed by atoms with E-state index in [0.29, 0.717) is 16.9 Å². The average Bonchev–Trinajstić information content (AvgIpc) is 3.40. The molecule has 188 valence electrons. The van der Waals surface area contributed by atoms with Crippen LogP contribution in [0, 0.1) is 11.8 Å². The third-order valence-corrected chi connectivity index (χ3v) is 8.37. The summed E-state index contributed by atoms with van der Waals surface area (Å²) in [6.45, 7) is 3.72. The molecule has 3 aromatic rings. The fraction of sp³-hybridized carbons (Fsp3) is 0.360. The van der Waals surface area contributed by atoms with Gasteiger partial charge in [0.05, 0.1) is 7.11 Å². The lowest BCUT2D eigenvalue weighted by atomic mass is 9.65. The van der Waals surface area contributed by atoms with E-state index in [-0.39, 0.29) is 35.3 Å². The van der Waals surface area contributed by atoms with Crippen molar-refractivity contribution in [3.05, 3.63) is 53.3 Å². The van der Waals surface area contributed by atoms with Crippen LogP contribution in [0.3, 0.4) is 0 Å². The highest BCUT2D eigenvalue weighted by Gasteiger charge is 2.56. The van der Waals surface area contributed by atoms with Crippen LogP contribution < -0.4 is 10.1 Å². The van der Waals surface area contributed by atoms with Gasteiger partial charge in [0.15, 0.2) is 20.4 Å². The van der Waals surface area contributed by atoms with Crippen LogP contribution in [0.2, 0.25) is 0 Å². The molecule has 10 nitrogen and oxygen atoms in total. The van der Waals surface area contributed by atoms with Gasteiger partial charge in [0.1, 0.15) is 22.4 Å². The molecule has 3 amide bonds. The number of amides is 3. The van der Waals surface area contributed by atoms with E-state index in [1.807, 2.05) is 6.07 Å². The molecule has 0 bridgehead atoms. The van der Waals surface area contributed by atoms with E-state index in [9.17, 15) is 22.8 Å².